The molecule has 1 spiro atoms. The molecule has 1 aromatic rings. The summed E-state index contributed by atoms with van der Waals surface area (Å²) in [7, 11) is 0. The molecule has 0 bridgehead atoms. The van der Waals surface area contributed by atoms with E-state index in [0.29, 0.717) is 11.0 Å². The summed E-state index contributed by atoms with van der Waals surface area (Å²) < 4.78 is 0. The summed E-state index contributed by atoms with van der Waals surface area (Å²) in [6.45, 7) is 0.914. The molecule has 1 fully saturated rings. The van der Waals surface area contributed by atoms with E-state index >= 15 is 0 Å². The molecule has 0 aromatic heterocycles. The summed E-state index contributed by atoms with van der Waals surface area (Å²) in [5, 5.41) is 12.6. The van der Waals surface area contributed by atoms with Crippen molar-refractivity contribution in [2.75, 3.05) is 17.6 Å². The van der Waals surface area contributed by atoms with Crippen molar-refractivity contribution in [2.24, 2.45) is 5.41 Å². The Morgan fingerprint density at radius 3 is 2.83 bits per heavy atom. The van der Waals surface area contributed by atoms with Crippen molar-refractivity contribution in [1.29, 1.82) is 0 Å². The molecule has 0 atom stereocenters. The Kier molecular flexibility index (Phi) is 2.98. The van der Waals surface area contributed by atoms with E-state index in [-0.39, 0.29) is 0 Å². The van der Waals surface area contributed by atoms with Gasteiger partial charge in [0.2, 0.25) is 0 Å². The molecule has 18 heavy (non-hydrogen) atoms. The Bertz CT molecular complexity index is 481. The minimum absolute atomic E-state index is 0.374. The van der Waals surface area contributed by atoms with E-state index in [1.165, 1.54) is 25.7 Å². The zero-order chi connectivity index (χ0) is 12.6. The molecule has 1 aromatic carbocycles. The van der Waals surface area contributed by atoms with Gasteiger partial charge in [-0.25, -0.2) is 4.79 Å². The highest BCUT2D eigenvalue weighted by Crippen LogP contribution is 2.46. The largest absolute Gasteiger partial charge is 0.478 e. The zero-order valence-corrected chi connectivity index (χ0v) is 11.1. The van der Waals surface area contributed by atoms with Crippen molar-refractivity contribution < 1.29 is 9.90 Å². The predicted molar refractivity (Wildman–Crippen MR) is 73.5 cm³/mol. The summed E-state index contributed by atoms with van der Waals surface area (Å²) in [6, 6.07) is 5.54. The number of anilines is 1. The van der Waals surface area contributed by atoms with Crippen LogP contribution in [0.25, 0.3) is 0 Å². The van der Waals surface area contributed by atoms with Crippen LogP contribution in [0.4, 0.5) is 5.69 Å². The number of benzene rings is 1. The quantitative estimate of drug-likeness (QED) is 0.814. The number of aromatic carboxylic acids is 1. The fraction of sp³-hybridized carbons (Fsp3) is 0.500. The maximum atomic E-state index is 11.2. The highest BCUT2D eigenvalue weighted by atomic mass is 32.2. The molecule has 0 saturated heterocycles. The van der Waals surface area contributed by atoms with Gasteiger partial charge in [0.15, 0.2) is 0 Å². The molecular weight excluding hydrogens is 246 g/mol. The van der Waals surface area contributed by atoms with E-state index in [9.17, 15) is 9.90 Å². The van der Waals surface area contributed by atoms with Gasteiger partial charge in [-0.2, -0.15) is 0 Å². The molecule has 2 aliphatic rings. The molecule has 3 rings (SSSR count). The Morgan fingerprint density at radius 2 is 2.11 bits per heavy atom. The number of nitrogens with one attached hydrogen (secondary N) is 1. The van der Waals surface area contributed by atoms with Crippen LogP contribution in [0.3, 0.4) is 0 Å². The first kappa shape index (κ1) is 11.9. The van der Waals surface area contributed by atoms with Gasteiger partial charge < -0.3 is 10.4 Å². The summed E-state index contributed by atoms with van der Waals surface area (Å²) in [6.07, 6.45) is 5.15. The fourth-order valence-corrected chi connectivity index (χ4v) is 4.37. The Labute approximate surface area is 111 Å². The van der Waals surface area contributed by atoms with Gasteiger partial charge in [0.1, 0.15) is 0 Å². The molecule has 3 nitrogen and oxygen atoms in total. The first-order valence-corrected chi connectivity index (χ1v) is 7.42. The Morgan fingerprint density at radius 1 is 1.33 bits per heavy atom. The Hall–Kier alpha value is -1.16. The van der Waals surface area contributed by atoms with Crippen LogP contribution in [-0.2, 0) is 0 Å². The first-order valence-electron chi connectivity index (χ1n) is 6.43. The molecule has 96 valence electrons. The number of para-hydroxylation sites is 1. The van der Waals surface area contributed by atoms with E-state index in [0.717, 1.165) is 22.9 Å². The van der Waals surface area contributed by atoms with Crippen LogP contribution in [0.5, 0.6) is 0 Å². The third-order valence-corrected chi connectivity index (χ3v) is 5.50. The molecule has 1 saturated carbocycles. The van der Waals surface area contributed by atoms with Gasteiger partial charge in [0.25, 0.3) is 0 Å². The van der Waals surface area contributed by atoms with E-state index in [2.05, 4.69) is 5.32 Å². The molecule has 1 aliphatic carbocycles. The van der Waals surface area contributed by atoms with E-state index in [4.69, 9.17) is 0 Å². The average Bonchev–Trinajstić information content (AvgIpc) is 2.74. The van der Waals surface area contributed by atoms with Gasteiger partial charge in [-0.15, -0.1) is 11.8 Å². The standard InChI is InChI=1S/C14H17NO2S/c16-13(17)10-4-3-5-11-12(10)15-8-14(9-18-11)6-1-2-7-14/h3-5,15H,1-2,6-9H2,(H,16,17). The third kappa shape index (κ3) is 1.99. The second-order valence-electron chi connectivity index (χ2n) is 5.33. The number of hydrogen-bond donors (Lipinski definition) is 2. The van der Waals surface area contributed by atoms with Crippen molar-refractivity contribution in [3.05, 3.63) is 23.8 Å². The van der Waals surface area contributed by atoms with E-state index in [1.807, 2.05) is 23.9 Å². The maximum Gasteiger partial charge on any atom is 0.337 e. The van der Waals surface area contributed by atoms with Gasteiger partial charge in [-0.3, -0.25) is 0 Å². The van der Waals surface area contributed by atoms with Gasteiger partial charge >= 0.3 is 5.97 Å². The minimum atomic E-state index is -0.845. The number of thioether (sulfide) groups is 1. The monoisotopic (exact) mass is 263 g/mol. The van der Waals surface area contributed by atoms with Crippen molar-refractivity contribution in [1.82, 2.24) is 0 Å². The highest BCUT2D eigenvalue weighted by Gasteiger charge is 2.36. The molecule has 1 heterocycles. The first-order chi connectivity index (χ1) is 8.70. The smallest absolute Gasteiger partial charge is 0.337 e. The third-order valence-electron chi connectivity index (χ3n) is 4.09. The lowest BCUT2D eigenvalue weighted by molar-refractivity contribution is 0.0697. The normalized spacial score (nSPS) is 21.1. The van der Waals surface area contributed by atoms with Crippen molar-refractivity contribution in [2.45, 2.75) is 30.6 Å². The number of fused-ring (bicyclic) bond motifs is 1. The van der Waals surface area contributed by atoms with Gasteiger partial charge in [0, 0.05) is 17.2 Å². The lowest BCUT2D eigenvalue weighted by Crippen LogP contribution is -2.28. The molecular formula is C14H17NO2S. The molecule has 0 amide bonds. The lowest BCUT2D eigenvalue weighted by atomic mass is 9.88. The van der Waals surface area contributed by atoms with Crippen LogP contribution in [0, 0.1) is 5.41 Å². The van der Waals surface area contributed by atoms with Gasteiger partial charge in [-0.1, -0.05) is 18.9 Å². The van der Waals surface area contributed by atoms with Crippen molar-refractivity contribution >= 4 is 23.4 Å². The summed E-state index contributed by atoms with van der Waals surface area (Å²) >= 11 is 1.81. The Balaban J connectivity index is 1.93. The number of rotatable bonds is 1. The van der Waals surface area contributed by atoms with Crippen molar-refractivity contribution in [3.8, 4) is 0 Å². The summed E-state index contributed by atoms with van der Waals surface area (Å²) in [5.74, 6) is 0.262. The van der Waals surface area contributed by atoms with Gasteiger partial charge in [0.05, 0.1) is 11.3 Å². The number of carboxylic acids is 1. The van der Waals surface area contributed by atoms with Crippen LogP contribution in [0.2, 0.25) is 0 Å². The number of hydrogen-bond acceptors (Lipinski definition) is 3. The fourth-order valence-electron chi connectivity index (χ4n) is 3.02. The van der Waals surface area contributed by atoms with Crippen molar-refractivity contribution in [3.63, 3.8) is 0 Å². The number of carbonyl (C=O) groups is 1. The SMILES string of the molecule is O=C(O)c1cccc2c1NCC1(CCCC1)CS2. The van der Waals surface area contributed by atoms with Gasteiger partial charge in [-0.05, 0) is 30.4 Å². The van der Waals surface area contributed by atoms with E-state index < -0.39 is 5.97 Å². The van der Waals surface area contributed by atoms with Crippen LogP contribution >= 0.6 is 11.8 Å². The summed E-state index contributed by atoms with van der Waals surface area (Å²) in [5.41, 5.74) is 1.59. The second kappa shape index (κ2) is 4.50. The van der Waals surface area contributed by atoms with Crippen LogP contribution in [0.1, 0.15) is 36.0 Å². The number of carboxylic acid groups (broad SMARTS) is 1. The zero-order valence-electron chi connectivity index (χ0n) is 10.2. The van der Waals surface area contributed by atoms with Crippen LogP contribution in [0.15, 0.2) is 23.1 Å². The molecule has 0 unspecified atom stereocenters. The lowest BCUT2D eigenvalue weighted by Gasteiger charge is -2.26. The van der Waals surface area contributed by atoms with E-state index in [1.54, 1.807) is 6.07 Å². The maximum absolute atomic E-state index is 11.2. The molecule has 2 N–H and O–H groups in total. The molecule has 0 radical (unpaired) electrons. The average molecular weight is 263 g/mol. The summed E-state index contributed by atoms with van der Waals surface area (Å²) in [4.78, 5) is 12.3. The van der Waals surface area contributed by atoms with Crippen LogP contribution in [-0.4, -0.2) is 23.4 Å². The molecule has 4 heteroatoms. The minimum Gasteiger partial charge on any atom is -0.478 e. The topological polar surface area (TPSA) is 49.3 Å². The second-order valence-corrected chi connectivity index (χ2v) is 6.35. The predicted octanol–water partition coefficient (Wildman–Crippen LogP) is 3.46. The van der Waals surface area contributed by atoms with Crippen LogP contribution < -0.4 is 5.32 Å². The molecule has 1 aliphatic heterocycles. The highest BCUT2D eigenvalue weighted by molar-refractivity contribution is 7.99.